The van der Waals surface area contributed by atoms with Crippen LogP contribution in [0.15, 0.2) is 103 Å². The van der Waals surface area contributed by atoms with E-state index in [0.717, 1.165) is 22.3 Å². The van der Waals surface area contributed by atoms with Crippen LogP contribution in [0.25, 0.3) is 11.1 Å². The van der Waals surface area contributed by atoms with Gasteiger partial charge < -0.3 is 86.1 Å². The van der Waals surface area contributed by atoms with E-state index in [1.807, 2.05) is 69.3 Å². The number of carbonyl (C=O) groups excluding carboxylic acids is 11. The van der Waals surface area contributed by atoms with Gasteiger partial charge in [-0.3, -0.25) is 47.9 Å². The van der Waals surface area contributed by atoms with Gasteiger partial charge in [-0.1, -0.05) is 91.0 Å². The molecule has 1 aliphatic carbocycles. The molecule has 0 saturated heterocycles. The average molecular weight is 1560 g/mol. The minimum atomic E-state index is -1.86. The van der Waals surface area contributed by atoms with Crippen molar-refractivity contribution in [1.82, 2.24) is 47.9 Å². The van der Waals surface area contributed by atoms with Gasteiger partial charge in [-0.15, -0.1) is 0 Å². The standard InChI is InChI=1S/C83H119N9O20/c1-48(108-78(6,7)8)66(72(100)85-59(42-50-30-24-23-25-31-50)69(97)91-67(49(2)109-79(9,10)11)73(101)87-62(47-107-77(3,4)5)70(98)86-61(74(102)103)44-65(95)112-82(18,19)20)90-63(93)45-84-68(96)58(40-41-64(94)111-81(15,16)17)88-75(104)83(21,22)92-71(99)60(43-51-36-38-52(39-37-51)110-80(12,13)14)89-76(105)106-46-57-55-34-28-26-32-53(55)54-33-27-29-35-56(54)57/h23-39,48-49,57-62,66-67H,40-47H2,1-22H3,(H,84,96)(H,85,100)(H,86,98)(H,87,101)(H,88,104)(H,89,105)(H,90,93)(H,91,97)(H,92,99)(H,102,103)/t48-,49-,58+,59+,60+,61+,62+,66+,67+/m1/s1. The molecule has 4 aromatic carbocycles. The molecule has 1 aliphatic rings. The van der Waals surface area contributed by atoms with Gasteiger partial charge in [-0.2, -0.15) is 0 Å². The Morgan fingerprint density at radius 2 is 0.902 bits per heavy atom. The Morgan fingerprint density at radius 3 is 1.40 bits per heavy atom. The van der Waals surface area contributed by atoms with Crippen LogP contribution in [0.2, 0.25) is 0 Å². The quantitative estimate of drug-likeness (QED) is 0.0154. The van der Waals surface area contributed by atoms with E-state index < -0.39 is 191 Å². The zero-order valence-electron chi connectivity index (χ0n) is 68.9. The first-order valence-corrected chi connectivity index (χ1v) is 37.7. The molecule has 0 fully saturated rings. The van der Waals surface area contributed by atoms with E-state index in [2.05, 4.69) is 47.9 Å². The molecule has 0 spiro atoms. The molecular weight excluding hydrogens is 1440 g/mol. The van der Waals surface area contributed by atoms with Crippen molar-refractivity contribution in [1.29, 1.82) is 0 Å². The van der Waals surface area contributed by atoms with Crippen LogP contribution in [0.3, 0.4) is 0 Å². The van der Waals surface area contributed by atoms with Crippen molar-refractivity contribution >= 4 is 71.3 Å². The summed E-state index contributed by atoms with van der Waals surface area (Å²) in [4.78, 5) is 170. The van der Waals surface area contributed by atoms with Crippen molar-refractivity contribution in [3.8, 4) is 16.9 Å². The van der Waals surface area contributed by atoms with Gasteiger partial charge in [0.25, 0.3) is 0 Å². The molecular formula is C83H119N9O20. The molecule has 0 radical (unpaired) electrons. The predicted molar refractivity (Wildman–Crippen MR) is 419 cm³/mol. The van der Waals surface area contributed by atoms with Crippen molar-refractivity contribution in [3.05, 3.63) is 125 Å². The molecule has 10 N–H and O–H groups in total. The highest BCUT2D eigenvalue weighted by atomic mass is 16.6. The van der Waals surface area contributed by atoms with Crippen LogP contribution in [0, 0.1) is 0 Å². The minimum Gasteiger partial charge on any atom is -0.488 e. The second kappa shape index (κ2) is 39.5. The fourth-order valence-electron chi connectivity index (χ4n) is 11.9. The normalized spacial score (nSPS) is 15.0. The second-order valence-corrected chi connectivity index (χ2v) is 34.4. The van der Waals surface area contributed by atoms with Gasteiger partial charge in [-0.05, 0) is 204 Å². The first-order chi connectivity index (χ1) is 51.6. The summed E-state index contributed by atoms with van der Waals surface area (Å²) in [5.74, 6) is -10.7. The number of benzene rings is 4. The number of carboxylic acid groups (broad SMARTS) is 1. The van der Waals surface area contributed by atoms with Crippen molar-refractivity contribution in [2.75, 3.05) is 19.8 Å². The van der Waals surface area contributed by atoms with Gasteiger partial charge in [-0.25, -0.2) is 9.59 Å². The Bertz CT molecular complexity index is 3890. The Kier molecular flexibility index (Phi) is 32.6. The third-order valence-corrected chi connectivity index (χ3v) is 16.7. The molecule has 0 aromatic heterocycles. The number of fused-ring (bicyclic) bond motifs is 3. The molecule has 29 nitrogen and oxygen atoms in total. The number of carboxylic acids is 1. The summed E-state index contributed by atoms with van der Waals surface area (Å²) >= 11 is 0. The molecule has 112 heavy (non-hydrogen) atoms. The van der Waals surface area contributed by atoms with Gasteiger partial charge in [0, 0.05) is 25.2 Å². The number of amides is 9. The number of carbonyl (C=O) groups is 12. The maximum absolute atomic E-state index is 15.1. The van der Waals surface area contributed by atoms with Gasteiger partial charge in [0.15, 0.2) is 0 Å². The van der Waals surface area contributed by atoms with E-state index in [0.29, 0.717) is 16.9 Å². The van der Waals surface area contributed by atoms with Crippen LogP contribution in [0.5, 0.6) is 5.75 Å². The van der Waals surface area contributed by atoms with Gasteiger partial charge >= 0.3 is 24.0 Å². The van der Waals surface area contributed by atoms with Crippen molar-refractivity contribution in [3.63, 3.8) is 0 Å². The van der Waals surface area contributed by atoms with Crippen LogP contribution < -0.4 is 52.6 Å². The molecule has 5 rings (SSSR count). The first kappa shape index (κ1) is 92.6. The fourth-order valence-corrected chi connectivity index (χ4v) is 11.9. The zero-order chi connectivity index (χ0) is 84.2. The third kappa shape index (κ3) is 32.0. The summed E-state index contributed by atoms with van der Waals surface area (Å²) in [5.41, 5.74) is -2.07. The molecule has 0 heterocycles. The Balaban J connectivity index is 1.41. The van der Waals surface area contributed by atoms with E-state index in [9.17, 15) is 53.1 Å². The molecule has 0 saturated carbocycles. The monoisotopic (exact) mass is 1560 g/mol. The van der Waals surface area contributed by atoms with Crippen LogP contribution in [-0.4, -0.2) is 190 Å². The van der Waals surface area contributed by atoms with Crippen LogP contribution in [0.4, 0.5) is 4.79 Å². The lowest BCUT2D eigenvalue weighted by Crippen LogP contribution is -2.63. The van der Waals surface area contributed by atoms with Crippen LogP contribution >= 0.6 is 0 Å². The summed E-state index contributed by atoms with van der Waals surface area (Å²) in [7, 11) is 0. The highest BCUT2D eigenvalue weighted by Crippen LogP contribution is 2.44. The topological polar surface area (TPSA) is 398 Å². The lowest BCUT2D eigenvalue weighted by Gasteiger charge is -2.34. The maximum atomic E-state index is 15.1. The number of rotatable bonds is 36. The van der Waals surface area contributed by atoms with E-state index in [1.165, 1.54) is 27.7 Å². The molecule has 9 amide bonds. The maximum Gasteiger partial charge on any atom is 0.407 e. The number of esters is 2. The van der Waals surface area contributed by atoms with E-state index in [1.54, 1.807) is 158 Å². The number of aliphatic carboxylic acids is 1. The van der Waals surface area contributed by atoms with E-state index >= 15 is 9.59 Å². The predicted octanol–water partition coefficient (Wildman–Crippen LogP) is 7.64. The second-order valence-electron chi connectivity index (χ2n) is 34.4. The number of hydrogen-bond acceptors (Lipinski definition) is 19. The highest BCUT2D eigenvalue weighted by molar-refractivity contribution is 5.99. The molecule has 0 unspecified atom stereocenters. The summed E-state index contributed by atoms with van der Waals surface area (Å²) in [6, 6.07) is 19.7. The van der Waals surface area contributed by atoms with Crippen LogP contribution in [0.1, 0.15) is 200 Å². The SMILES string of the molecule is C[C@@H](OC(C)(C)C)[C@H](NC(=O)CNC(=O)[C@H](CCC(=O)OC(C)(C)C)NC(=O)C(C)(C)NC(=O)[C@H](Cc1ccc(OC(C)(C)C)cc1)NC(=O)OCC1c2ccccc2-c2ccccc21)C(=O)N[C@@H](Cc1ccccc1)C(=O)N[C@H](C(=O)N[C@@H](COC(C)(C)C)C(=O)N[C@@H](CC(=O)OC(C)(C)C)C(=O)O)[C@@H](C)OC(C)(C)C. The summed E-state index contributed by atoms with van der Waals surface area (Å²) in [6.07, 6.45) is -5.18. The van der Waals surface area contributed by atoms with Gasteiger partial charge in [0.2, 0.25) is 47.3 Å². The zero-order valence-corrected chi connectivity index (χ0v) is 68.9. The molecule has 0 aliphatic heterocycles. The molecule has 0 bridgehead atoms. The van der Waals surface area contributed by atoms with Gasteiger partial charge in [0.1, 0.15) is 77.0 Å². The Morgan fingerprint density at radius 1 is 0.438 bits per heavy atom. The lowest BCUT2D eigenvalue weighted by molar-refractivity contribution is -0.159. The highest BCUT2D eigenvalue weighted by Gasteiger charge is 2.41. The van der Waals surface area contributed by atoms with E-state index in [4.69, 9.17) is 33.2 Å². The molecule has 4 aromatic rings. The molecule has 616 valence electrons. The average Bonchev–Trinajstić information content (AvgIpc) is 1.61. The van der Waals surface area contributed by atoms with Crippen molar-refractivity contribution < 1.29 is 95.8 Å². The lowest BCUT2D eigenvalue weighted by atomic mass is 9.98. The molecule has 9 atom stereocenters. The first-order valence-electron chi connectivity index (χ1n) is 37.7. The molecule has 29 heteroatoms. The summed E-state index contributed by atoms with van der Waals surface area (Å²) in [5, 5.41) is 33.6. The summed E-state index contributed by atoms with van der Waals surface area (Å²) < 4.78 is 41.1. The van der Waals surface area contributed by atoms with Crippen molar-refractivity contribution in [2.24, 2.45) is 0 Å². The Hall–Kier alpha value is -10.00. The number of ether oxygens (including phenoxy) is 7. The fraction of sp³-hybridized carbons (Fsp3) is 0.566. The Labute approximate surface area is 658 Å². The van der Waals surface area contributed by atoms with Crippen molar-refractivity contribution in [2.45, 2.75) is 284 Å². The van der Waals surface area contributed by atoms with Crippen LogP contribution in [-0.2, 0) is 94.0 Å². The smallest absolute Gasteiger partial charge is 0.407 e. The minimum absolute atomic E-state index is 0.0691. The van der Waals surface area contributed by atoms with Gasteiger partial charge in [0.05, 0.1) is 48.6 Å². The third-order valence-electron chi connectivity index (χ3n) is 16.7. The largest absolute Gasteiger partial charge is 0.488 e. The number of hydrogen-bond donors (Lipinski definition) is 10. The summed E-state index contributed by atoms with van der Waals surface area (Å²) in [6.45, 7) is 34.8. The van der Waals surface area contributed by atoms with E-state index in [-0.39, 0.29) is 31.8 Å². The number of nitrogens with one attached hydrogen (secondary N) is 9. The number of alkyl carbamates (subject to hydrolysis) is 1.